The maximum Gasteiger partial charge on any atom is 2.00 e. The number of hydrogen-bond donors (Lipinski definition) is 0. The molecule has 0 unspecified atom stereocenters. The van der Waals surface area contributed by atoms with E-state index in [1.807, 2.05) is 13.3 Å². The fourth-order valence-corrected chi connectivity index (χ4v) is 9.06. The van der Waals surface area contributed by atoms with Gasteiger partial charge in [-0.1, -0.05) is 70.2 Å². The van der Waals surface area contributed by atoms with Crippen LogP contribution in [0.2, 0.25) is 0 Å². The molecule has 0 nitrogen and oxygen atoms in total. The molecule has 0 spiro atoms. The van der Waals surface area contributed by atoms with Gasteiger partial charge in [0.05, 0.1) is 0 Å². The van der Waals surface area contributed by atoms with E-state index in [0.29, 0.717) is 15.5 Å². The van der Waals surface area contributed by atoms with E-state index >= 15 is 0 Å². The van der Waals surface area contributed by atoms with Crippen LogP contribution in [0.25, 0.3) is 0 Å². The monoisotopic (exact) mass is 398 g/mol. The Morgan fingerprint density at radius 1 is 0.789 bits per heavy atom. The maximum absolute atomic E-state index is 3.42. The van der Waals surface area contributed by atoms with Crippen LogP contribution in [-0.4, -0.2) is 15.5 Å². The summed E-state index contributed by atoms with van der Waals surface area (Å²) < 4.78 is 0. The first-order chi connectivity index (χ1) is 7.28. The minimum Gasteiger partial charge on any atom is -1.00 e. The normalized spacial score (nSPS) is 11.5. The van der Waals surface area contributed by atoms with Gasteiger partial charge in [0.25, 0.3) is 0 Å². The molecule has 3 heteroatoms. The largest absolute Gasteiger partial charge is 2.00 e. The van der Waals surface area contributed by atoms with Gasteiger partial charge in [0.1, 0.15) is 0 Å². The molecule has 0 aliphatic heterocycles. The SMILES string of the molecule is C=C[CH-]C.CC(C)(C)P(C(C)(C)C)C(C)(C)C.[Cl-].[Pd+2]. The molecule has 0 saturated carbocycles. The maximum atomic E-state index is 3.42. The second-order valence-corrected chi connectivity index (χ2v) is 12.1. The zero-order valence-electron chi connectivity index (χ0n) is 14.5. The van der Waals surface area contributed by atoms with E-state index in [9.17, 15) is 0 Å². The van der Waals surface area contributed by atoms with Crippen LogP contribution in [0.4, 0.5) is 0 Å². The third-order valence-electron chi connectivity index (χ3n) is 2.25. The van der Waals surface area contributed by atoms with Gasteiger partial charge >= 0.3 is 20.4 Å². The van der Waals surface area contributed by atoms with Crippen molar-refractivity contribution in [1.82, 2.24) is 0 Å². The topological polar surface area (TPSA) is 0 Å². The van der Waals surface area contributed by atoms with E-state index < -0.39 is 0 Å². The third kappa shape index (κ3) is 13.7. The predicted molar refractivity (Wildman–Crippen MR) is 86.4 cm³/mol. The van der Waals surface area contributed by atoms with Gasteiger partial charge in [-0.25, -0.2) is 19.1 Å². The van der Waals surface area contributed by atoms with Crippen LogP contribution < -0.4 is 12.4 Å². The molecular formula is C16H34ClPPd. The van der Waals surface area contributed by atoms with Crippen molar-refractivity contribution in [1.29, 1.82) is 0 Å². The van der Waals surface area contributed by atoms with E-state index in [2.05, 4.69) is 68.9 Å². The van der Waals surface area contributed by atoms with E-state index in [1.54, 1.807) is 6.08 Å². The van der Waals surface area contributed by atoms with Gasteiger partial charge in [-0.2, -0.15) is 0 Å². The molecule has 0 aliphatic rings. The van der Waals surface area contributed by atoms with Crippen LogP contribution in [0.1, 0.15) is 69.2 Å². The molecule has 0 heterocycles. The Morgan fingerprint density at radius 2 is 0.947 bits per heavy atom. The number of hydrogen-bond acceptors (Lipinski definition) is 0. The van der Waals surface area contributed by atoms with Gasteiger partial charge in [-0.15, -0.1) is 6.92 Å². The molecule has 0 saturated heterocycles. The summed E-state index contributed by atoms with van der Waals surface area (Å²) in [6.07, 6.45) is 3.64. The molecular weight excluding hydrogens is 365 g/mol. The summed E-state index contributed by atoms with van der Waals surface area (Å²) in [5.74, 6) is 0. The van der Waals surface area contributed by atoms with Crippen molar-refractivity contribution in [2.45, 2.75) is 84.7 Å². The molecule has 0 atom stereocenters. The van der Waals surface area contributed by atoms with Gasteiger partial charge in [-0.05, 0) is 15.5 Å². The van der Waals surface area contributed by atoms with Crippen LogP contribution >= 0.6 is 7.92 Å². The first-order valence-corrected chi connectivity index (χ1v) is 7.83. The van der Waals surface area contributed by atoms with E-state index in [1.165, 1.54) is 0 Å². The molecule has 0 amide bonds. The zero-order valence-corrected chi connectivity index (χ0v) is 17.7. The molecule has 0 aromatic heterocycles. The average molecular weight is 399 g/mol. The standard InChI is InChI=1S/C12H27P.C4H7.ClH.Pd/c1-10(2,3)13(11(4,5)6)12(7,8)9;1-3-4-2;;/h1-9H3;3-4H,1H2,2H3;1H;/q;-1;;+2/p-1. The number of allylic oxidation sites excluding steroid dienone is 1. The fraction of sp³-hybridized carbons (Fsp3) is 0.812. The molecule has 0 radical (unpaired) electrons. The van der Waals surface area contributed by atoms with Crippen molar-refractivity contribution in [3.63, 3.8) is 0 Å². The Morgan fingerprint density at radius 3 is 0.947 bits per heavy atom. The van der Waals surface area contributed by atoms with Crippen molar-refractivity contribution in [3.05, 3.63) is 19.1 Å². The smallest absolute Gasteiger partial charge is 1.00 e. The second kappa shape index (κ2) is 10.7. The molecule has 0 rings (SSSR count). The summed E-state index contributed by atoms with van der Waals surface area (Å²) in [7, 11) is 0.0162. The second-order valence-electron chi connectivity index (χ2n) is 7.42. The van der Waals surface area contributed by atoms with Gasteiger partial charge < -0.3 is 12.4 Å². The number of halogens is 1. The Balaban J connectivity index is -0.000000165. The molecule has 19 heavy (non-hydrogen) atoms. The molecule has 0 fully saturated rings. The summed E-state index contributed by atoms with van der Waals surface area (Å²) in [4.78, 5) is 0. The van der Waals surface area contributed by atoms with Gasteiger partial charge in [0, 0.05) is 0 Å². The first-order valence-electron chi connectivity index (χ1n) is 6.49. The Bertz CT molecular complexity index is 185. The predicted octanol–water partition coefficient (Wildman–Crippen LogP) is 3.26. The van der Waals surface area contributed by atoms with Crippen molar-refractivity contribution in [3.8, 4) is 0 Å². The minimum absolute atomic E-state index is 0. The summed E-state index contributed by atoms with van der Waals surface area (Å²) in [6.45, 7) is 26.8. The molecule has 0 aromatic carbocycles. The van der Waals surface area contributed by atoms with Crippen LogP contribution in [0.15, 0.2) is 12.7 Å². The van der Waals surface area contributed by atoms with Crippen LogP contribution in [0, 0.1) is 6.42 Å². The molecule has 0 N–H and O–H groups in total. The van der Waals surface area contributed by atoms with Gasteiger partial charge in [0.2, 0.25) is 0 Å². The fourth-order valence-electron chi connectivity index (χ4n) is 3.02. The Kier molecular flexibility index (Phi) is 15.9. The van der Waals surface area contributed by atoms with Gasteiger partial charge in [0.15, 0.2) is 0 Å². The van der Waals surface area contributed by atoms with Crippen LogP contribution in [0.3, 0.4) is 0 Å². The van der Waals surface area contributed by atoms with Gasteiger partial charge in [-0.3, -0.25) is 0 Å². The molecule has 0 aliphatic carbocycles. The number of rotatable bonds is 1. The summed E-state index contributed by atoms with van der Waals surface area (Å²) in [5.41, 5.74) is 0. The Hall–Kier alpha value is 0.992. The Labute approximate surface area is 144 Å². The van der Waals surface area contributed by atoms with E-state index in [4.69, 9.17) is 0 Å². The molecule has 0 bridgehead atoms. The van der Waals surface area contributed by atoms with Crippen LogP contribution in [0.5, 0.6) is 0 Å². The molecule has 0 aromatic rings. The van der Waals surface area contributed by atoms with Crippen molar-refractivity contribution < 1.29 is 32.8 Å². The summed E-state index contributed by atoms with van der Waals surface area (Å²) >= 11 is 0. The zero-order chi connectivity index (χ0) is 14.5. The van der Waals surface area contributed by atoms with Crippen LogP contribution in [-0.2, 0) is 20.4 Å². The first kappa shape index (κ1) is 28.2. The summed E-state index contributed by atoms with van der Waals surface area (Å²) in [6, 6.07) is 0. The summed E-state index contributed by atoms with van der Waals surface area (Å²) in [5, 5.41) is 1.35. The average Bonchev–Trinajstić information content (AvgIpc) is 1.95. The van der Waals surface area contributed by atoms with E-state index in [0.717, 1.165) is 0 Å². The molecule has 120 valence electrons. The van der Waals surface area contributed by atoms with Crippen molar-refractivity contribution >= 4 is 7.92 Å². The third-order valence-corrected chi connectivity index (χ3v) is 6.27. The quantitative estimate of drug-likeness (QED) is 0.361. The minimum atomic E-state index is 0. The van der Waals surface area contributed by atoms with Crippen molar-refractivity contribution in [2.24, 2.45) is 0 Å². The van der Waals surface area contributed by atoms with E-state index in [-0.39, 0.29) is 40.8 Å². The van der Waals surface area contributed by atoms with Crippen molar-refractivity contribution in [2.75, 3.05) is 0 Å².